The van der Waals surface area contributed by atoms with Crippen molar-refractivity contribution in [3.05, 3.63) is 0 Å². The third-order valence-electron chi connectivity index (χ3n) is 1.44. The van der Waals surface area contributed by atoms with Crippen molar-refractivity contribution in [2.75, 3.05) is 55.4 Å². The minimum absolute atomic E-state index is 1.06. The second-order valence-corrected chi connectivity index (χ2v) is 6.02. The Bertz CT molecular complexity index is 203. The summed E-state index contributed by atoms with van der Waals surface area (Å²) < 4.78 is 80.1. The van der Waals surface area contributed by atoms with Crippen molar-refractivity contribution in [3.8, 4) is 0 Å². The molecule has 0 aliphatic rings. The Labute approximate surface area is 114 Å². The van der Waals surface area contributed by atoms with Crippen LogP contribution in [0.25, 0.3) is 0 Å². The molecule has 2 nitrogen and oxygen atoms in total. The van der Waals surface area contributed by atoms with E-state index in [-0.39, 0.29) is 0 Å². The molecule has 0 aromatic heterocycles. The zero-order valence-electron chi connectivity index (χ0n) is 12.5. The lowest BCUT2D eigenvalue weighted by atomic mass is 10.3. The van der Waals surface area contributed by atoms with E-state index in [1.165, 1.54) is 13.1 Å². The predicted molar refractivity (Wildman–Crippen MR) is 66.2 cm³/mol. The molecule has 0 spiro atoms. The molecular weight excluding hydrogens is 298 g/mol. The molecule has 126 valence electrons. The van der Waals surface area contributed by atoms with Gasteiger partial charge in [0.15, 0.2) is 0 Å². The highest BCUT2D eigenvalue weighted by Gasteiger charge is 2.21. The van der Waals surface area contributed by atoms with Crippen LogP contribution in [-0.2, 0) is 0 Å². The van der Waals surface area contributed by atoms with Gasteiger partial charge in [0.1, 0.15) is 13.1 Å². The number of hydrogen-bond acceptors (Lipinski definition) is 0. The first-order chi connectivity index (χ1) is 8.21. The molecule has 12 heteroatoms. The molecule has 0 fully saturated rings. The van der Waals surface area contributed by atoms with Gasteiger partial charge < -0.3 is 43.5 Å². The van der Waals surface area contributed by atoms with Gasteiger partial charge in [0.05, 0.1) is 42.3 Å². The van der Waals surface area contributed by atoms with Crippen LogP contribution < -0.4 is 0 Å². The summed E-state index contributed by atoms with van der Waals surface area (Å²) in [6.07, 6.45) is 0. The molecule has 0 rings (SSSR count). The number of rotatable bonds is 3. The first kappa shape index (κ1) is 24.5. The van der Waals surface area contributed by atoms with E-state index in [1.807, 2.05) is 0 Å². The van der Waals surface area contributed by atoms with Crippen LogP contribution in [0.3, 0.4) is 0 Å². The lowest BCUT2D eigenvalue weighted by Gasteiger charge is -2.30. The number of hydrogen-bond donors (Lipinski definition) is 0. The monoisotopic (exact) mass is 320 g/mol. The van der Waals surface area contributed by atoms with Gasteiger partial charge in [0, 0.05) is 0 Å². The molecule has 0 N–H and O–H groups in total. The molecule has 0 aromatic carbocycles. The highest BCUT2D eigenvalue weighted by atomic mass is 19.5. The molecule has 0 unspecified atom stereocenters. The van der Waals surface area contributed by atoms with Crippen LogP contribution in [-0.4, -0.2) is 78.9 Å². The Balaban J connectivity index is -0.000000244. The van der Waals surface area contributed by atoms with E-state index in [0.717, 1.165) is 8.97 Å². The Morgan fingerprint density at radius 1 is 0.500 bits per heavy atom. The summed E-state index contributed by atoms with van der Waals surface area (Å²) in [6.45, 7) is 2.48. The first-order valence-electron chi connectivity index (χ1n) is 5.56. The molecule has 20 heavy (non-hydrogen) atoms. The average Bonchev–Trinajstić information content (AvgIpc) is 1.90. The predicted octanol–water partition coefficient (Wildman–Crippen LogP) is 3.00. The third kappa shape index (κ3) is 113. The van der Waals surface area contributed by atoms with Gasteiger partial charge in [-0.1, -0.05) is 0 Å². The molecule has 0 aliphatic heterocycles. The van der Waals surface area contributed by atoms with E-state index in [0.29, 0.717) is 0 Å². The molecule has 0 atom stereocenters. The summed E-state index contributed by atoms with van der Waals surface area (Å²) in [6, 6.07) is 0. The maximum Gasteiger partial charge on any atom is 0.673 e. The van der Waals surface area contributed by atoms with Gasteiger partial charge in [0.25, 0.3) is 0 Å². The van der Waals surface area contributed by atoms with Gasteiger partial charge in [-0.3, -0.25) is 0 Å². The summed E-state index contributed by atoms with van der Waals surface area (Å²) in [4.78, 5) is 0. The molecule has 0 bridgehead atoms. The molecule has 0 amide bonds. The Hall–Kier alpha value is -0.510. The summed E-state index contributed by atoms with van der Waals surface area (Å²) in [5, 5.41) is 0. The van der Waals surface area contributed by atoms with Gasteiger partial charge in [-0.2, -0.15) is 0 Å². The summed E-state index contributed by atoms with van der Waals surface area (Å²) in [5.74, 6) is 0. The van der Waals surface area contributed by atoms with Crippen molar-refractivity contribution in [3.63, 3.8) is 0 Å². The van der Waals surface area contributed by atoms with Crippen molar-refractivity contribution >= 4 is 14.5 Å². The van der Waals surface area contributed by atoms with Gasteiger partial charge in [-0.25, -0.2) is 0 Å². The highest BCUT2D eigenvalue weighted by molar-refractivity contribution is 6.50. The van der Waals surface area contributed by atoms with E-state index in [2.05, 4.69) is 42.3 Å². The van der Waals surface area contributed by atoms with E-state index in [4.69, 9.17) is 0 Å². The van der Waals surface area contributed by atoms with E-state index < -0.39 is 14.5 Å². The quantitative estimate of drug-likeness (QED) is 0.426. The molecule has 0 heterocycles. The summed E-state index contributed by atoms with van der Waals surface area (Å²) in [5.41, 5.74) is 0. The second-order valence-electron chi connectivity index (χ2n) is 6.02. The van der Waals surface area contributed by atoms with Crippen LogP contribution in [0.1, 0.15) is 0 Å². The van der Waals surface area contributed by atoms with Crippen LogP contribution in [0.5, 0.6) is 0 Å². The van der Waals surface area contributed by atoms with Crippen LogP contribution >= 0.6 is 0 Å². The van der Waals surface area contributed by atoms with Crippen molar-refractivity contribution in [1.82, 2.24) is 0 Å². The summed E-state index contributed by atoms with van der Waals surface area (Å²) in [7, 11) is 1.39. The molecule has 0 aliphatic carbocycles. The van der Waals surface area contributed by atoms with Gasteiger partial charge in [0.2, 0.25) is 0 Å². The van der Waals surface area contributed by atoms with E-state index >= 15 is 0 Å². The SMILES string of the molecule is C[N+](C)(C)CC[N+](C)(C)C.F[B-](F)(F)F.F[B-](F)(F)F. The Morgan fingerprint density at radius 2 is 0.600 bits per heavy atom. The minimum Gasteiger partial charge on any atom is -0.418 e. The number of nitrogens with zero attached hydrogens (tertiary/aromatic N) is 2. The van der Waals surface area contributed by atoms with Crippen molar-refractivity contribution < 1.29 is 43.5 Å². The Morgan fingerprint density at radius 3 is 0.650 bits per heavy atom. The fourth-order valence-corrected chi connectivity index (χ4v) is 0.600. The van der Waals surface area contributed by atoms with Crippen LogP contribution in [0, 0.1) is 0 Å². The molecule has 0 radical (unpaired) electrons. The zero-order valence-corrected chi connectivity index (χ0v) is 12.5. The normalized spacial score (nSPS) is 12.9. The first-order valence-corrected chi connectivity index (χ1v) is 5.56. The lowest BCUT2D eigenvalue weighted by Crippen LogP contribution is -2.46. The maximum absolute atomic E-state index is 9.75. The minimum atomic E-state index is -6.00. The van der Waals surface area contributed by atoms with Crippen molar-refractivity contribution in [2.24, 2.45) is 0 Å². The highest BCUT2D eigenvalue weighted by Crippen LogP contribution is 2.07. The Kier molecular flexibility index (Phi) is 10.7. The van der Waals surface area contributed by atoms with E-state index in [1.54, 1.807) is 0 Å². The topological polar surface area (TPSA) is 0 Å². The number of likely N-dealkylation sites (N-methyl/N-ethyl adjacent to an activating group) is 2. The number of halogens is 8. The largest absolute Gasteiger partial charge is 0.673 e. The number of quaternary nitrogens is 2. The standard InChI is InChI=1S/C8H22N2.2BF4/c1-9(2,3)7-8-10(4,5)6;2*2-1(3,4)5/h7-8H2,1-6H3;;/q+2;2*-1. The zero-order chi connectivity index (χ0) is 17.4. The molecular formula is C8H22B2F8N2. The van der Waals surface area contributed by atoms with Gasteiger partial charge in [-0.05, 0) is 0 Å². The fourth-order valence-electron chi connectivity index (χ4n) is 0.600. The summed E-state index contributed by atoms with van der Waals surface area (Å²) >= 11 is 0. The van der Waals surface area contributed by atoms with Crippen molar-refractivity contribution in [1.29, 1.82) is 0 Å². The van der Waals surface area contributed by atoms with Crippen LogP contribution in [0.4, 0.5) is 34.5 Å². The smallest absolute Gasteiger partial charge is 0.418 e. The molecule has 0 saturated heterocycles. The fraction of sp³-hybridized carbons (Fsp3) is 1.00. The van der Waals surface area contributed by atoms with E-state index in [9.17, 15) is 34.5 Å². The average molecular weight is 320 g/mol. The third-order valence-corrected chi connectivity index (χ3v) is 1.44. The van der Waals surface area contributed by atoms with Crippen LogP contribution in [0.15, 0.2) is 0 Å². The van der Waals surface area contributed by atoms with Gasteiger partial charge in [-0.15, -0.1) is 0 Å². The van der Waals surface area contributed by atoms with Crippen molar-refractivity contribution in [2.45, 2.75) is 0 Å². The lowest BCUT2D eigenvalue weighted by molar-refractivity contribution is -0.927. The molecule has 0 aromatic rings. The van der Waals surface area contributed by atoms with Gasteiger partial charge >= 0.3 is 14.5 Å². The van der Waals surface area contributed by atoms with Crippen LogP contribution in [0.2, 0.25) is 0 Å². The molecule has 0 saturated carbocycles. The second kappa shape index (κ2) is 8.71. The maximum atomic E-state index is 9.75.